The molecule has 0 unspecified atom stereocenters. The van der Waals surface area contributed by atoms with Gasteiger partial charge < -0.3 is 10.0 Å². The summed E-state index contributed by atoms with van der Waals surface area (Å²) < 4.78 is 39.8. The summed E-state index contributed by atoms with van der Waals surface area (Å²) in [5.74, 6) is -0.492. The van der Waals surface area contributed by atoms with Gasteiger partial charge in [0.05, 0.1) is 17.7 Å². The minimum atomic E-state index is -4.52. The molecule has 1 aromatic carbocycles. The Morgan fingerprint density at radius 2 is 1.88 bits per heavy atom. The Hall–Kier alpha value is -2.41. The van der Waals surface area contributed by atoms with Crippen molar-refractivity contribution in [2.75, 3.05) is 6.54 Å². The number of carbonyl (C=O) groups excluding carboxylic acids is 1. The molecule has 0 saturated carbocycles. The van der Waals surface area contributed by atoms with Crippen LogP contribution in [-0.2, 0) is 6.18 Å². The van der Waals surface area contributed by atoms with E-state index in [-0.39, 0.29) is 24.2 Å². The Bertz CT molecular complexity index is 734. The van der Waals surface area contributed by atoms with Crippen molar-refractivity contribution in [3.05, 3.63) is 65.5 Å². The number of rotatable bonds is 2. The van der Waals surface area contributed by atoms with Gasteiger partial charge >= 0.3 is 6.18 Å². The van der Waals surface area contributed by atoms with Crippen molar-refractivity contribution < 1.29 is 23.1 Å². The Balaban J connectivity index is 1.99. The standard InChI is InChI=1S/C17H15F3N2O2/c18-17(19,20)13-6-2-1-5-12(13)15-9-11(23)10-22(15)16(24)14-7-3-4-8-21-14/h1-8,11,15,23H,9-10H2/t11-,15+/m0/s1. The van der Waals surface area contributed by atoms with Crippen LogP contribution >= 0.6 is 0 Å². The number of amides is 1. The number of aliphatic hydroxyl groups excluding tert-OH is 1. The summed E-state index contributed by atoms with van der Waals surface area (Å²) in [7, 11) is 0. The molecule has 0 spiro atoms. The molecular formula is C17H15F3N2O2. The third-order valence-corrected chi connectivity index (χ3v) is 4.05. The highest BCUT2D eigenvalue weighted by molar-refractivity contribution is 5.92. The third kappa shape index (κ3) is 3.12. The van der Waals surface area contributed by atoms with Crippen LogP contribution in [0.2, 0.25) is 0 Å². The van der Waals surface area contributed by atoms with Gasteiger partial charge in [-0.05, 0) is 30.2 Å². The maximum absolute atomic E-state index is 13.3. The first kappa shape index (κ1) is 16.4. The number of β-amino-alcohol motifs (C(OH)–C–C–N with tert-alkyl or cyclic N) is 1. The first-order valence-electron chi connectivity index (χ1n) is 7.44. The quantitative estimate of drug-likeness (QED) is 0.917. The molecule has 0 bridgehead atoms. The van der Waals surface area contributed by atoms with E-state index in [1.807, 2.05) is 0 Å². The predicted octanol–water partition coefficient (Wildman–Crippen LogP) is 3.05. The van der Waals surface area contributed by atoms with E-state index >= 15 is 0 Å². The van der Waals surface area contributed by atoms with Crippen LogP contribution in [0.1, 0.15) is 34.1 Å². The van der Waals surface area contributed by atoms with Crippen molar-refractivity contribution in [2.45, 2.75) is 24.7 Å². The van der Waals surface area contributed by atoms with Crippen LogP contribution in [0.15, 0.2) is 48.7 Å². The van der Waals surface area contributed by atoms with Gasteiger partial charge in [-0.2, -0.15) is 13.2 Å². The molecule has 1 fully saturated rings. The van der Waals surface area contributed by atoms with E-state index < -0.39 is 29.8 Å². The number of hydrogen-bond donors (Lipinski definition) is 1. The molecule has 1 aliphatic rings. The van der Waals surface area contributed by atoms with Gasteiger partial charge in [0, 0.05) is 12.7 Å². The second kappa shape index (κ2) is 6.24. The summed E-state index contributed by atoms with van der Waals surface area (Å²) in [6.45, 7) is -0.0216. The lowest BCUT2D eigenvalue weighted by molar-refractivity contribution is -0.138. The number of carbonyl (C=O) groups is 1. The zero-order valence-corrected chi connectivity index (χ0v) is 12.6. The fourth-order valence-corrected chi connectivity index (χ4v) is 3.02. The number of likely N-dealkylation sites (tertiary alicyclic amines) is 1. The first-order chi connectivity index (χ1) is 11.4. The molecule has 24 heavy (non-hydrogen) atoms. The topological polar surface area (TPSA) is 53.4 Å². The Morgan fingerprint density at radius 3 is 2.54 bits per heavy atom. The largest absolute Gasteiger partial charge is 0.416 e. The third-order valence-electron chi connectivity index (χ3n) is 4.05. The number of aromatic nitrogens is 1. The molecule has 2 atom stereocenters. The van der Waals surface area contributed by atoms with Crippen LogP contribution < -0.4 is 0 Å². The summed E-state index contributed by atoms with van der Waals surface area (Å²) in [4.78, 5) is 17.8. The fourth-order valence-electron chi connectivity index (χ4n) is 3.02. The van der Waals surface area contributed by atoms with E-state index in [1.165, 1.54) is 35.4 Å². The molecule has 1 aliphatic heterocycles. The molecule has 3 rings (SSSR count). The number of hydrogen-bond acceptors (Lipinski definition) is 3. The van der Waals surface area contributed by atoms with E-state index in [0.29, 0.717) is 0 Å². The van der Waals surface area contributed by atoms with Crippen LogP contribution in [0.5, 0.6) is 0 Å². The number of aliphatic hydroxyl groups is 1. The van der Waals surface area contributed by atoms with Crippen molar-refractivity contribution >= 4 is 5.91 Å². The van der Waals surface area contributed by atoms with Crippen LogP contribution in [-0.4, -0.2) is 33.5 Å². The second-order valence-electron chi connectivity index (χ2n) is 5.66. The van der Waals surface area contributed by atoms with Gasteiger partial charge in [0.15, 0.2) is 0 Å². The lowest BCUT2D eigenvalue weighted by Crippen LogP contribution is -2.33. The monoisotopic (exact) mass is 336 g/mol. The highest BCUT2D eigenvalue weighted by atomic mass is 19.4. The lowest BCUT2D eigenvalue weighted by Gasteiger charge is -2.26. The smallest absolute Gasteiger partial charge is 0.391 e. The van der Waals surface area contributed by atoms with E-state index in [2.05, 4.69) is 4.98 Å². The molecule has 7 heteroatoms. The van der Waals surface area contributed by atoms with E-state index in [0.717, 1.165) is 6.07 Å². The number of pyridine rings is 1. The van der Waals surface area contributed by atoms with E-state index in [4.69, 9.17) is 0 Å². The lowest BCUT2D eigenvalue weighted by atomic mass is 9.97. The maximum Gasteiger partial charge on any atom is 0.416 e. The molecule has 1 N–H and O–H groups in total. The molecule has 1 aromatic heterocycles. The van der Waals surface area contributed by atoms with Gasteiger partial charge in [0.1, 0.15) is 5.69 Å². The minimum Gasteiger partial charge on any atom is -0.391 e. The van der Waals surface area contributed by atoms with Crippen molar-refractivity contribution in [1.29, 1.82) is 0 Å². The molecule has 0 aliphatic carbocycles. The summed E-state index contributed by atoms with van der Waals surface area (Å²) in [6, 6.07) is 9.08. The van der Waals surface area contributed by atoms with Crippen LogP contribution in [0.3, 0.4) is 0 Å². The first-order valence-corrected chi connectivity index (χ1v) is 7.44. The number of nitrogens with zero attached hydrogens (tertiary/aromatic N) is 2. The molecule has 4 nitrogen and oxygen atoms in total. The summed E-state index contributed by atoms with van der Waals surface area (Å²) in [5.41, 5.74) is -0.658. The zero-order chi connectivity index (χ0) is 17.3. The van der Waals surface area contributed by atoms with Crippen molar-refractivity contribution in [1.82, 2.24) is 9.88 Å². The van der Waals surface area contributed by atoms with Gasteiger partial charge in [0.2, 0.25) is 0 Å². The van der Waals surface area contributed by atoms with Crippen molar-refractivity contribution in [2.24, 2.45) is 0 Å². The van der Waals surface area contributed by atoms with Crippen LogP contribution in [0.25, 0.3) is 0 Å². The molecule has 1 amide bonds. The summed E-state index contributed by atoms with van der Waals surface area (Å²) in [6.07, 6.45) is -3.89. The average Bonchev–Trinajstić information content (AvgIpc) is 2.96. The maximum atomic E-state index is 13.3. The van der Waals surface area contributed by atoms with Gasteiger partial charge in [-0.15, -0.1) is 0 Å². The van der Waals surface area contributed by atoms with E-state index in [1.54, 1.807) is 12.1 Å². The average molecular weight is 336 g/mol. The van der Waals surface area contributed by atoms with Gasteiger partial charge in [-0.25, -0.2) is 0 Å². The summed E-state index contributed by atoms with van der Waals surface area (Å²) >= 11 is 0. The fraction of sp³-hybridized carbons (Fsp3) is 0.294. The Morgan fingerprint density at radius 1 is 1.17 bits per heavy atom. The molecular weight excluding hydrogens is 321 g/mol. The summed E-state index contributed by atoms with van der Waals surface area (Å²) in [5, 5.41) is 9.93. The SMILES string of the molecule is O=C(c1ccccn1)N1C[C@@H](O)C[C@@H]1c1ccccc1C(F)(F)F. The molecule has 126 valence electrons. The normalized spacial score (nSPS) is 21.1. The second-order valence-corrected chi connectivity index (χ2v) is 5.66. The van der Waals surface area contributed by atoms with Gasteiger partial charge in [0.25, 0.3) is 5.91 Å². The predicted molar refractivity (Wildman–Crippen MR) is 80.1 cm³/mol. The van der Waals surface area contributed by atoms with Crippen LogP contribution in [0, 0.1) is 0 Å². The van der Waals surface area contributed by atoms with Gasteiger partial charge in [-0.1, -0.05) is 24.3 Å². The van der Waals surface area contributed by atoms with Crippen molar-refractivity contribution in [3.63, 3.8) is 0 Å². The van der Waals surface area contributed by atoms with Crippen LogP contribution in [0.4, 0.5) is 13.2 Å². The Labute approximate surface area is 136 Å². The Kier molecular flexibility index (Phi) is 4.28. The molecule has 2 heterocycles. The molecule has 2 aromatic rings. The van der Waals surface area contributed by atoms with E-state index in [9.17, 15) is 23.1 Å². The van der Waals surface area contributed by atoms with Gasteiger partial charge in [-0.3, -0.25) is 9.78 Å². The minimum absolute atomic E-state index is 0.00849. The highest BCUT2D eigenvalue weighted by Gasteiger charge is 2.41. The highest BCUT2D eigenvalue weighted by Crippen LogP contribution is 2.40. The number of alkyl halides is 3. The molecule has 1 saturated heterocycles. The number of benzene rings is 1. The molecule has 0 radical (unpaired) electrons. The zero-order valence-electron chi connectivity index (χ0n) is 12.6. The van der Waals surface area contributed by atoms with Crippen molar-refractivity contribution in [3.8, 4) is 0 Å². The number of halogens is 3.